The molecule has 0 aromatic heterocycles. The molecule has 0 unspecified atom stereocenters. The lowest BCUT2D eigenvalue weighted by Crippen LogP contribution is -2.55. The maximum atomic E-state index is 13.3. The molecule has 0 aliphatic carbocycles. The van der Waals surface area contributed by atoms with Gasteiger partial charge in [-0.2, -0.15) is 0 Å². The van der Waals surface area contributed by atoms with Crippen molar-refractivity contribution < 1.29 is 13.9 Å². The number of benzene rings is 1. The van der Waals surface area contributed by atoms with Gasteiger partial charge in [0.1, 0.15) is 0 Å². The van der Waals surface area contributed by atoms with E-state index >= 15 is 0 Å². The van der Waals surface area contributed by atoms with Gasteiger partial charge in [0.2, 0.25) is 0 Å². The summed E-state index contributed by atoms with van der Waals surface area (Å²) >= 11 is 5.04. The molecule has 0 saturated heterocycles. The minimum atomic E-state index is -0.728. The average molecular weight is 298 g/mol. The molecule has 4 nitrogen and oxygen atoms in total. The summed E-state index contributed by atoms with van der Waals surface area (Å²) in [6.07, 6.45) is 1.17. The Labute approximate surface area is 123 Å². The van der Waals surface area contributed by atoms with E-state index in [1.54, 1.807) is 0 Å². The smallest absolute Gasteiger partial charge is 0.252 e. The van der Waals surface area contributed by atoms with Gasteiger partial charge in [0, 0.05) is 5.56 Å². The van der Waals surface area contributed by atoms with E-state index in [0.717, 1.165) is 0 Å². The fourth-order valence-electron chi connectivity index (χ4n) is 1.93. The Kier molecular flexibility index (Phi) is 5.44. The molecule has 110 valence electrons. The Morgan fingerprint density at radius 1 is 1.45 bits per heavy atom. The zero-order chi connectivity index (χ0) is 15.3. The summed E-state index contributed by atoms with van der Waals surface area (Å²) in [5, 5.41) is 2.83. The minimum absolute atomic E-state index is 0.0200. The lowest BCUT2D eigenvalue weighted by atomic mass is 9.92. The summed E-state index contributed by atoms with van der Waals surface area (Å²) in [6.45, 7) is 3.79. The first-order chi connectivity index (χ1) is 9.40. The molecule has 1 aromatic carbocycles. The first-order valence-corrected chi connectivity index (χ1v) is 6.77. The highest BCUT2D eigenvalue weighted by Gasteiger charge is 2.31. The van der Waals surface area contributed by atoms with Crippen LogP contribution in [0.1, 0.15) is 37.0 Å². The molecule has 0 atom stereocenters. The molecule has 1 rings (SSSR count). The van der Waals surface area contributed by atoms with E-state index in [0.29, 0.717) is 18.4 Å². The van der Waals surface area contributed by atoms with E-state index in [4.69, 9.17) is 22.7 Å². The highest BCUT2D eigenvalue weighted by molar-refractivity contribution is 7.80. The van der Waals surface area contributed by atoms with Crippen LogP contribution in [0.15, 0.2) is 18.2 Å². The van der Waals surface area contributed by atoms with E-state index in [-0.39, 0.29) is 16.6 Å². The third-order valence-electron chi connectivity index (χ3n) is 3.44. The molecule has 0 fully saturated rings. The van der Waals surface area contributed by atoms with Crippen molar-refractivity contribution in [3.8, 4) is 5.75 Å². The standard InChI is InChI=1S/C14H19FN2O2S/c1-4-14(5-2,13(16)20)17-12(18)9-6-7-10(15)11(8-9)19-3/h6-8H,4-5H2,1-3H3,(H2,16,20)(H,17,18). The van der Waals surface area contributed by atoms with Crippen molar-refractivity contribution in [2.45, 2.75) is 32.2 Å². The van der Waals surface area contributed by atoms with Gasteiger partial charge in [0.15, 0.2) is 11.6 Å². The third kappa shape index (κ3) is 3.25. The van der Waals surface area contributed by atoms with Crippen LogP contribution in [0.4, 0.5) is 4.39 Å². The number of carbonyl (C=O) groups is 1. The molecular weight excluding hydrogens is 279 g/mol. The summed E-state index contributed by atoms with van der Waals surface area (Å²) in [5.41, 5.74) is 5.30. The SMILES string of the molecule is CCC(CC)(NC(=O)c1ccc(F)c(OC)c1)C(N)=S. The van der Waals surface area contributed by atoms with Crippen LogP contribution in [-0.4, -0.2) is 23.5 Å². The van der Waals surface area contributed by atoms with Gasteiger partial charge in [-0.3, -0.25) is 4.79 Å². The molecule has 6 heteroatoms. The molecule has 0 bridgehead atoms. The number of hydrogen-bond donors (Lipinski definition) is 2. The van der Waals surface area contributed by atoms with Crippen LogP contribution in [0, 0.1) is 5.82 Å². The van der Waals surface area contributed by atoms with Crippen LogP contribution >= 0.6 is 12.2 Å². The minimum Gasteiger partial charge on any atom is -0.494 e. The summed E-state index contributed by atoms with van der Waals surface area (Å²) in [6, 6.07) is 3.93. The van der Waals surface area contributed by atoms with E-state index < -0.39 is 11.4 Å². The first kappa shape index (κ1) is 16.4. The predicted octanol–water partition coefficient (Wildman–Crippen LogP) is 2.41. The maximum absolute atomic E-state index is 13.3. The second kappa shape index (κ2) is 6.65. The van der Waals surface area contributed by atoms with Crippen molar-refractivity contribution in [1.82, 2.24) is 5.32 Å². The molecule has 0 heterocycles. The van der Waals surface area contributed by atoms with Gasteiger partial charge in [-0.25, -0.2) is 4.39 Å². The van der Waals surface area contributed by atoms with Crippen molar-refractivity contribution in [3.05, 3.63) is 29.6 Å². The molecule has 1 amide bonds. The molecule has 0 saturated carbocycles. The van der Waals surface area contributed by atoms with Crippen LogP contribution < -0.4 is 15.8 Å². The average Bonchev–Trinajstić information content (AvgIpc) is 2.44. The quantitative estimate of drug-likeness (QED) is 0.792. The lowest BCUT2D eigenvalue weighted by molar-refractivity contribution is 0.0919. The Balaban J connectivity index is 3.04. The second-order valence-corrected chi connectivity index (χ2v) is 4.90. The number of carbonyl (C=O) groups excluding carboxylic acids is 1. The van der Waals surface area contributed by atoms with E-state index in [1.165, 1.54) is 25.3 Å². The van der Waals surface area contributed by atoms with Gasteiger partial charge in [-0.05, 0) is 31.0 Å². The van der Waals surface area contributed by atoms with Crippen LogP contribution in [0.2, 0.25) is 0 Å². The zero-order valence-electron chi connectivity index (χ0n) is 11.8. The number of ether oxygens (including phenoxy) is 1. The molecule has 20 heavy (non-hydrogen) atoms. The Morgan fingerprint density at radius 3 is 2.50 bits per heavy atom. The molecule has 1 aromatic rings. The monoisotopic (exact) mass is 298 g/mol. The molecule has 0 spiro atoms. The topological polar surface area (TPSA) is 64.3 Å². The van der Waals surface area contributed by atoms with Gasteiger partial charge in [0.05, 0.1) is 17.6 Å². The van der Waals surface area contributed by atoms with Crippen LogP contribution in [-0.2, 0) is 0 Å². The van der Waals surface area contributed by atoms with Crippen molar-refractivity contribution in [3.63, 3.8) is 0 Å². The van der Waals surface area contributed by atoms with Crippen molar-refractivity contribution >= 4 is 23.1 Å². The van der Waals surface area contributed by atoms with E-state index in [9.17, 15) is 9.18 Å². The van der Waals surface area contributed by atoms with Crippen LogP contribution in [0.25, 0.3) is 0 Å². The molecular formula is C14H19FN2O2S. The number of nitrogens with two attached hydrogens (primary N) is 1. The zero-order valence-corrected chi connectivity index (χ0v) is 12.6. The number of amides is 1. The lowest BCUT2D eigenvalue weighted by Gasteiger charge is -2.31. The highest BCUT2D eigenvalue weighted by atomic mass is 32.1. The third-order valence-corrected chi connectivity index (χ3v) is 3.84. The van der Waals surface area contributed by atoms with E-state index in [1.807, 2.05) is 13.8 Å². The number of methoxy groups -OCH3 is 1. The Hall–Kier alpha value is -1.69. The van der Waals surface area contributed by atoms with Crippen molar-refractivity contribution in [2.75, 3.05) is 7.11 Å². The molecule has 0 radical (unpaired) electrons. The normalized spacial score (nSPS) is 11.0. The van der Waals surface area contributed by atoms with Gasteiger partial charge < -0.3 is 15.8 Å². The summed E-state index contributed by atoms with van der Waals surface area (Å²) in [5.74, 6) is -0.859. The fourth-order valence-corrected chi connectivity index (χ4v) is 2.27. The Bertz CT molecular complexity index is 516. The number of nitrogens with one attached hydrogen (secondary N) is 1. The second-order valence-electron chi connectivity index (χ2n) is 4.46. The predicted molar refractivity (Wildman–Crippen MR) is 80.5 cm³/mol. The van der Waals surface area contributed by atoms with Gasteiger partial charge in [-0.15, -0.1) is 0 Å². The van der Waals surface area contributed by atoms with Crippen molar-refractivity contribution in [2.24, 2.45) is 5.73 Å². The fraction of sp³-hybridized carbons (Fsp3) is 0.429. The first-order valence-electron chi connectivity index (χ1n) is 6.36. The number of halogens is 1. The van der Waals surface area contributed by atoms with Gasteiger partial charge >= 0.3 is 0 Å². The number of hydrogen-bond acceptors (Lipinski definition) is 3. The van der Waals surface area contributed by atoms with Gasteiger partial charge in [0.25, 0.3) is 5.91 Å². The summed E-state index contributed by atoms with van der Waals surface area (Å²) in [4.78, 5) is 12.5. The summed E-state index contributed by atoms with van der Waals surface area (Å²) in [7, 11) is 1.34. The Morgan fingerprint density at radius 2 is 2.05 bits per heavy atom. The van der Waals surface area contributed by atoms with Crippen LogP contribution in [0.5, 0.6) is 5.75 Å². The highest BCUT2D eigenvalue weighted by Crippen LogP contribution is 2.20. The van der Waals surface area contributed by atoms with Gasteiger partial charge in [-0.1, -0.05) is 26.1 Å². The molecule has 0 aliphatic rings. The number of thiocarbonyl (C=S) groups is 1. The summed E-state index contributed by atoms with van der Waals surface area (Å²) < 4.78 is 18.2. The number of rotatable bonds is 6. The molecule has 0 aliphatic heterocycles. The van der Waals surface area contributed by atoms with Crippen molar-refractivity contribution in [1.29, 1.82) is 0 Å². The largest absolute Gasteiger partial charge is 0.494 e. The van der Waals surface area contributed by atoms with E-state index in [2.05, 4.69) is 5.32 Å². The van der Waals surface area contributed by atoms with Crippen LogP contribution in [0.3, 0.4) is 0 Å². The maximum Gasteiger partial charge on any atom is 0.252 e. The molecule has 3 N–H and O–H groups in total.